The molecule has 11 heteroatoms. The normalized spacial score (nSPS) is 12.0. The minimum absolute atomic E-state index is 0.211. The minimum Gasteiger partial charge on any atom is -0.290 e. The molecule has 0 aliphatic heterocycles. The van der Waals surface area contributed by atoms with E-state index in [1.165, 1.54) is 11.8 Å². The van der Waals surface area contributed by atoms with E-state index in [4.69, 9.17) is 41.8 Å². The molecule has 5 aromatic carbocycles. The van der Waals surface area contributed by atoms with E-state index in [9.17, 15) is 4.79 Å². The Morgan fingerprint density at radius 2 is 1.07 bits per heavy atom. The summed E-state index contributed by atoms with van der Waals surface area (Å²) in [5.41, 5.74) is 2.34. The van der Waals surface area contributed by atoms with Crippen molar-refractivity contribution in [1.29, 1.82) is 0 Å². The molecule has 1 N–H and O–H groups in total. The number of hydrogen-bond donors (Lipinski definition) is 1. The molecular weight excluding hydrogens is 672 g/mol. The Labute approximate surface area is 279 Å². The topological polar surface area (TPSA) is 121 Å². The lowest BCUT2D eigenvalue weighted by Gasteiger charge is -2.30. The van der Waals surface area contributed by atoms with E-state index in [0.717, 1.165) is 26.4 Å². The number of hydrogen-bond acceptors (Lipinski definition) is 6. The fourth-order valence-electron chi connectivity index (χ4n) is 4.59. The Hall–Kier alpha value is -3.20. The van der Waals surface area contributed by atoms with Crippen LogP contribution in [0.25, 0.3) is 0 Å². The van der Waals surface area contributed by atoms with Gasteiger partial charge in [-0.05, 0) is 79.7 Å². The first-order valence-electron chi connectivity index (χ1n) is 13.4. The Morgan fingerprint density at radius 3 is 1.47 bits per heavy atom. The quantitative estimate of drug-likeness (QED) is 0.195. The third-order valence-corrected chi connectivity index (χ3v) is 12.6. The third-order valence-electron chi connectivity index (χ3n) is 6.52. The third kappa shape index (κ3) is 9.41. The van der Waals surface area contributed by atoms with E-state index in [1.807, 2.05) is 110 Å². The van der Waals surface area contributed by atoms with Crippen molar-refractivity contribution in [3.63, 3.8) is 0 Å². The van der Waals surface area contributed by atoms with Crippen molar-refractivity contribution in [2.45, 2.75) is 11.8 Å². The first-order valence-corrected chi connectivity index (χ1v) is 18.0. The van der Waals surface area contributed by atoms with Gasteiger partial charge in [-0.25, -0.2) is 18.6 Å². The van der Waals surface area contributed by atoms with Gasteiger partial charge in [-0.3, -0.25) is 10.1 Å². The van der Waals surface area contributed by atoms with Crippen LogP contribution in [0.2, 0.25) is 5.02 Å². The van der Waals surface area contributed by atoms with E-state index in [2.05, 4.69) is 41.7 Å². The molecule has 6 nitrogen and oxygen atoms in total. The first kappa shape index (κ1) is 34.7. The lowest BCUT2D eigenvalue weighted by atomic mass is 10.1. The van der Waals surface area contributed by atoms with Crippen molar-refractivity contribution < 1.29 is 33.7 Å². The van der Waals surface area contributed by atoms with Crippen molar-refractivity contribution in [3.8, 4) is 0 Å². The highest BCUT2D eigenvalue weighted by atomic mass is 35.7. The van der Waals surface area contributed by atoms with Gasteiger partial charge >= 0.3 is 0 Å². The standard InChI is InChI=1S/C34H26Cl2NOPS.ClHO4/c1-25-17-19-26(20-18-25)33(38)37-34(32(36)40-31-23-21-27(35)22-24-31)39(28-11-5-2-6-12-28,29-13-7-3-8-14-29)30-15-9-4-10-16-30;2-1(3,4)5/h2-24H,1H3;(H,2,3,4,5)/b34-32+;. The van der Waals surface area contributed by atoms with Gasteiger partial charge in [0.05, 0.1) is 0 Å². The SMILES string of the molecule is Cc1ccc(C(=O)N/C(=C(/Cl)Sc2ccc(Cl)cc2)[P+](c2ccccc2)(c2ccccc2)c2ccccc2)cc1.[O-][Cl+3]([O-])([O-])[O-]. The highest BCUT2D eigenvalue weighted by molar-refractivity contribution is 8.06. The summed E-state index contributed by atoms with van der Waals surface area (Å²) in [6, 6.07) is 46.1. The zero-order chi connectivity index (χ0) is 32.5. The Balaban J connectivity index is 0.000000854. The van der Waals surface area contributed by atoms with Gasteiger partial charge in [0, 0.05) is 15.5 Å². The molecule has 5 rings (SSSR count). The molecule has 230 valence electrons. The van der Waals surface area contributed by atoms with Crippen molar-refractivity contribution in [3.05, 3.63) is 165 Å². The molecule has 0 heterocycles. The second kappa shape index (κ2) is 15.9. The molecule has 0 saturated carbocycles. The van der Waals surface area contributed by atoms with Crippen LogP contribution in [0, 0.1) is 17.2 Å². The average molecular weight is 699 g/mol. The van der Waals surface area contributed by atoms with Gasteiger partial charge in [-0.15, -0.1) is 10.2 Å². The van der Waals surface area contributed by atoms with E-state index < -0.39 is 17.5 Å². The summed E-state index contributed by atoms with van der Waals surface area (Å²) in [5.74, 6) is -0.211. The first-order chi connectivity index (χ1) is 21.5. The van der Waals surface area contributed by atoms with Crippen LogP contribution >= 0.6 is 42.2 Å². The highest BCUT2D eigenvalue weighted by Gasteiger charge is 2.52. The molecule has 0 fully saturated rings. The Bertz CT molecular complexity index is 1620. The second-order valence-corrected chi connectivity index (χ2v) is 15.8. The maximum atomic E-state index is 13.9. The van der Waals surface area contributed by atoms with E-state index in [-0.39, 0.29) is 5.91 Å². The average Bonchev–Trinajstić information content (AvgIpc) is 3.03. The van der Waals surface area contributed by atoms with Crippen LogP contribution < -0.4 is 39.9 Å². The van der Waals surface area contributed by atoms with Crippen LogP contribution in [0.1, 0.15) is 15.9 Å². The summed E-state index contributed by atoms with van der Waals surface area (Å²) in [6.07, 6.45) is 0. The number of halogens is 3. The Kier molecular flexibility index (Phi) is 12.2. The minimum atomic E-state index is -4.94. The number of rotatable bonds is 8. The monoisotopic (exact) mass is 697 g/mol. The van der Waals surface area contributed by atoms with Crippen LogP contribution in [-0.4, -0.2) is 5.91 Å². The summed E-state index contributed by atoms with van der Waals surface area (Å²) >= 11 is 14.9. The molecular formula is C34H27Cl3NO5PS. The smallest absolute Gasteiger partial charge is 0.258 e. The zero-order valence-electron chi connectivity index (χ0n) is 23.8. The fourth-order valence-corrected chi connectivity index (χ4v) is 10.6. The summed E-state index contributed by atoms with van der Waals surface area (Å²) in [4.78, 5) is 14.8. The van der Waals surface area contributed by atoms with Gasteiger partial charge < -0.3 is 0 Å². The zero-order valence-corrected chi connectivity index (χ0v) is 27.8. The fraction of sp³-hybridized carbons (Fsp3) is 0.0294. The maximum absolute atomic E-state index is 13.9. The summed E-state index contributed by atoms with van der Waals surface area (Å²) in [7, 11) is -7.63. The van der Waals surface area contributed by atoms with Gasteiger partial charge in [0.2, 0.25) is 5.44 Å². The van der Waals surface area contributed by atoms with Crippen LogP contribution in [0.5, 0.6) is 0 Å². The number of aryl methyl sites for hydroxylation is 1. The number of carbonyl (C=O) groups is 1. The van der Waals surface area contributed by atoms with Crippen molar-refractivity contribution in [1.82, 2.24) is 5.32 Å². The van der Waals surface area contributed by atoms with Crippen LogP contribution in [-0.2, 0) is 0 Å². The van der Waals surface area contributed by atoms with Crippen LogP contribution in [0.15, 0.2) is 154 Å². The predicted octanol–water partition coefficient (Wildman–Crippen LogP) is 3.77. The summed E-state index contributed by atoms with van der Waals surface area (Å²) < 4.78 is 34.5. The van der Waals surface area contributed by atoms with Crippen molar-refractivity contribution >= 4 is 64.0 Å². The van der Waals surface area contributed by atoms with E-state index >= 15 is 0 Å². The van der Waals surface area contributed by atoms with Gasteiger partial charge in [-0.2, -0.15) is 0 Å². The van der Waals surface area contributed by atoms with Gasteiger partial charge in [0.15, 0.2) is 7.26 Å². The van der Waals surface area contributed by atoms with Gasteiger partial charge in [-0.1, -0.05) is 107 Å². The molecule has 0 atom stereocenters. The van der Waals surface area contributed by atoms with Crippen LogP contribution in [0.4, 0.5) is 0 Å². The molecule has 0 spiro atoms. The molecule has 45 heavy (non-hydrogen) atoms. The largest absolute Gasteiger partial charge is 0.290 e. The lowest BCUT2D eigenvalue weighted by Crippen LogP contribution is -2.68. The van der Waals surface area contributed by atoms with E-state index in [1.54, 1.807) is 0 Å². The molecule has 0 aliphatic carbocycles. The molecule has 0 bridgehead atoms. The van der Waals surface area contributed by atoms with E-state index in [0.29, 0.717) is 20.4 Å². The van der Waals surface area contributed by atoms with Gasteiger partial charge in [0.25, 0.3) is 5.91 Å². The predicted molar refractivity (Wildman–Crippen MR) is 174 cm³/mol. The van der Waals surface area contributed by atoms with Crippen LogP contribution in [0.3, 0.4) is 0 Å². The molecule has 0 saturated heterocycles. The summed E-state index contributed by atoms with van der Waals surface area (Å²) in [5, 5.41) is 7.24. The molecule has 0 unspecified atom stereocenters. The second-order valence-electron chi connectivity index (χ2n) is 9.55. The molecule has 0 aromatic heterocycles. The number of benzene rings is 5. The summed E-state index contributed by atoms with van der Waals surface area (Å²) in [6.45, 7) is 2.00. The lowest BCUT2D eigenvalue weighted by molar-refractivity contribution is -2.00. The van der Waals surface area contributed by atoms with Crippen molar-refractivity contribution in [2.75, 3.05) is 0 Å². The number of amides is 1. The number of thioether (sulfide) groups is 1. The number of carbonyl (C=O) groups excluding carboxylic acids is 1. The highest BCUT2D eigenvalue weighted by Crippen LogP contribution is 2.64. The molecule has 0 radical (unpaired) electrons. The molecule has 0 aliphatic rings. The Morgan fingerprint density at radius 1 is 0.667 bits per heavy atom. The van der Waals surface area contributed by atoms with Crippen molar-refractivity contribution in [2.24, 2.45) is 0 Å². The molecule has 5 aromatic rings. The van der Waals surface area contributed by atoms with Gasteiger partial charge in [0.1, 0.15) is 20.3 Å². The number of nitrogens with one attached hydrogen (secondary N) is 1. The maximum Gasteiger partial charge on any atom is 0.258 e. The molecule has 1 amide bonds.